The summed E-state index contributed by atoms with van der Waals surface area (Å²) in [7, 11) is 1.36. The van der Waals surface area contributed by atoms with Gasteiger partial charge in [0.25, 0.3) is 0 Å². The van der Waals surface area contributed by atoms with Gasteiger partial charge in [0.2, 0.25) is 0 Å². The summed E-state index contributed by atoms with van der Waals surface area (Å²) in [6.07, 6.45) is 0. The van der Waals surface area contributed by atoms with Crippen molar-refractivity contribution >= 4 is 5.97 Å². The van der Waals surface area contributed by atoms with Gasteiger partial charge in [0.1, 0.15) is 0 Å². The van der Waals surface area contributed by atoms with Crippen molar-refractivity contribution in [3.8, 4) is 0 Å². The van der Waals surface area contributed by atoms with Gasteiger partial charge in [-0.25, -0.2) is 4.79 Å². The Hall–Kier alpha value is -1.36. The lowest BCUT2D eigenvalue weighted by Gasteiger charge is -2.21. The van der Waals surface area contributed by atoms with E-state index in [0.29, 0.717) is 11.7 Å². The van der Waals surface area contributed by atoms with Crippen molar-refractivity contribution in [3.05, 3.63) is 17.5 Å². The molecule has 0 aliphatic carbocycles. The molecule has 0 aromatic carbocycles. The van der Waals surface area contributed by atoms with E-state index in [4.69, 9.17) is 0 Å². The van der Waals surface area contributed by atoms with Crippen LogP contribution in [0.2, 0.25) is 0 Å². The van der Waals surface area contributed by atoms with E-state index in [-0.39, 0.29) is 5.97 Å². The number of ether oxygens (including phenoxy) is 1. The van der Waals surface area contributed by atoms with Crippen LogP contribution in [0.15, 0.2) is 6.07 Å². The third-order valence-electron chi connectivity index (χ3n) is 2.34. The molecular formula is C9H13N3O2. The molecule has 5 heteroatoms. The van der Waals surface area contributed by atoms with Crippen LogP contribution in [0.5, 0.6) is 0 Å². The third kappa shape index (κ3) is 1.50. The molecule has 2 heterocycles. The van der Waals surface area contributed by atoms with Crippen LogP contribution in [0.25, 0.3) is 0 Å². The molecule has 1 aromatic heterocycles. The average Bonchev–Trinajstić information content (AvgIpc) is 2.59. The number of carbonyl (C=O) groups is 1. The number of carbonyl (C=O) groups excluding carboxylic acids is 1. The molecule has 14 heavy (non-hydrogen) atoms. The number of nitrogens with one attached hydrogen (secondary N) is 1. The quantitative estimate of drug-likeness (QED) is 0.649. The largest absolute Gasteiger partial charge is 0.464 e. The maximum Gasteiger partial charge on any atom is 0.358 e. The minimum atomic E-state index is -0.375. The van der Waals surface area contributed by atoms with Crippen LogP contribution in [0.4, 0.5) is 0 Å². The summed E-state index contributed by atoms with van der Waals surface area (Å²) in [6, 6.07) is 2.16. The standard InChI is InChI=1S/C9H13N3O2/c1-6-5-12-7(4-10-6)3-8(11-12)9(13)14-2/h3,6,10H,4-5H2,1-2H3. The summed E-state index contributed by atoms with van der Waals surface area (Å²) >= 11 is 0. The molecule has 1 unspecified atom stereocenters. The van der Waals surface area contributed by atoms with Crippen LogP contribution < -0.4 is 5.32 Å². The van der Waals surface area contributed by atoms with E-state index in [0.717, 1.165) is 18.8 Å². The van der Waals surface area contributed by atoms with Crippen LogP contribution in [-0.2, 0) is 17.8 Å². The van der Waals surface area contributed by atoms with Gasteiger partial charge in [-0.05, 0) is 13.0 Å². The molecule has 0 fully saturated rings. The molecule has 0 amide bonds. The third-order valence-corrected chi connectivity index (χ3v) is 2.34. The van der Waals surface area contributed by atoms with Crippen molar-refractivity contribution in [2.75, 3.05) is 7.11 Å². The van der Waals surface area contributed by atoms with Crippen molar-refractivity contribution in [3.63, 3.8) is 0 Å². The number of hydrogen-bond donors (Lipinski definition) is 1. The second kappa shape index (κ2) is 3.42. The molecule has 0 saturated carbocycles. The topological polar surface area (TPSA) is 56.2 Å². The Labute approximate surface area is 82.0 Å². The molecule has 0 spiro atoms. The normalized spacial score (nSPS) is 20.3. The second-order valence-electron chi connectivity index (χ2n) is 3.48. The van der Waals surface area contributed by atoms with Crippen LogP contribution in [0.3, 0.4) is 0 Å². The minimum absolute atomic E-state index is 0.375. The molecule has 1 aliphatic heterocycles. The zero-order valence-electron chi connectivity index (χ0n) is 8.28. The lowest BCUT2D eigenvalue weighted by molar-refractivity contribution is 0.0593. The first kappa shape index (κ1) is 9.21. The molecule has 1 N–H and O–H groups in total. The zero-order valence-corrected chi connectivity index (χ0v) is 8.28. The lowest BCUT2D eigenvalue weighted by Crippen LogP contribution is -2.36. The maximum atomic E-state index is 11.2. The van der Waals surface area contributed by atoms with Crippen LogP contribution >= 0.6 is 0 Å². The van der Waals surface area contributed by atoms with E-state index in [2.05, 4.69) is 22.1 Å². The molecule has 5 nitrogen and oxygen atoms in total. The first-order chi connectivity index (χ1) is 6.70. The van der Waals surface area contributed by atoms with Crippen LogP contribution in [0, 0.1) is 0 Å². The summed E-state index contributed by atoms with van der Waals surface area (Å²) in [6.45, 7) is 3.64. The Bertz CT molecular complexity index is 359. The number of rotatable bonds is 1. The minimum Gasteiger partial charge on any atom is -0.464 e. The zero-order chi connectivity index (χ0) is 10.1. The van der Waals surface area contributed by atoms with Gasteiger partial charge in [-0.2, -0.15) is 5.10 Å². The molecule has 1 aliphatic rings. The van der Waals surface area contributed by atoms with E-state index in [9.17, 15) is 4.79 Å². The highest BCUT2D eigenvalue weighted by molar-refractivity contribution is 5.87. The molecule has 76 valence electrons. The Kier molecular flexibility index (Phi) is 2.25. The van der Waals surface area contributed by atoms with E-state index in [1.54, 1.807) is 6.07 Å². The van der Waals surface area contributed by atoms with Crippen molar-refractivity contribution < 1.29 is 9.53 Å². The lowest BCUT2D eigenvalue weighted by atomic mass is 10.2. The molecule has 1 atom stereocenters. The fourth-order valence-electron chi connectivity index (χ4n) is 1.56. The highest BCUT2D eigenvalue weighted by Gasteiger charge is 2.19. The SMILES string of the molecule is COC(=O)c1cc2n(n1)CC(C)NC2. The molecule has 0 saturated heterocycles. The van der Waals surface area contributed by atoms with Gasteiger partial charge in [0, 0.05) is 12.6 Å². The van der Waals surface area contributed by atoms with Crippen LogP contribution in [0.1, 0.15) is 23.1 Å². The number of hydrogen-bond acceptors (Lipinski definition) is 4. The van der Waals surface area contributed by atoms with E-state index >= 15 is 0 Å². The van der Waals surface area contributed by atoms with Gasteiger partial charge in [-0.3, -0.25) is 4.68 Å². The van der Waals surface area contributed by atoms with Crippen LogP contribution in [-0.4, -0.2) is 28.9 Å². The Balaban J connectivity index is 2.27. The van der Waals surface area contributed by atoms with Crippen molar-refractivity contribution in [2.24, 2.45) is 0 Å². The Morgan fingerprint density at radius 1 is 1.79 bits per heavy atom. The number of esters is 1. The number of fused-ring (bicyclic) bond motifs is 1. The summed E-state index contributed by atoms with van der Waals surface area (Å²) in [5.41, 5.74) is 1.42. The molecule has 0 radical (unpaired) electrons. The number of methoxy groups -OCH3 is 1. The molecule has 1 aromatic rings. The average molecular weight is 195 g/mol. The first-order valence-electron chi connectivity index (χ1n) is 4.59. The van der Waals surface area contributed by atoms with Crippen molar-refractivity contribution in [2.45, 2.75) is 26.1 Å². The first-order valence-corrected chi connectivity index (χ1v) is 4.59. The molecule has 2 rings (SSSR count). The van der Waals surface area contributed by atoms with Crippen molar-refractivity contribution in [1.82, 2.24) is 15.1 Å². The molecule has 0 bridgehead atoms. The fourth-order valence-corrected chi connectivity index (χ4v) is 1.56. The summed E-state index contributed by atoms with van der Waals surface area (Å²) in [5, 5.41) is 7.47. The predicted octanol–water partition coefficient (Wildman–Crippen LogP) is 0.161. The monoisotopic (exact) mass is 195 g/mol. The van der Waals surface area contributed by atoms with Gasteiger partial charge in [0.05, 0.1) is 19.3 Å². The van der Waals surface area contributed by atoms with Crippen molar-refractivity contribution in [1.29, 1.82) is 0 Å². The van der Waals surface area contributed by atoms with Gasteiger partial charge >= 0.3 is 5.97 Å². The highest BCUT2D eigenvalue weighted by Crippen LogP contribution is 2.10. The predicted molar refractivity (Wildman–Crippen MR) is 49.9 cm³/mol. The summed E-state index contributed by atoms with van der Waals surface area (Å²) < 4.78 is 6.46. The van der Waals surface area contributed by atoms with Gasteiger partial charge in [-0.15, -0.1) is 0 Å². The summed E-state index contributed by atoms with van der Waals surface area (Å²) in [4.78, 5) is 11.2. The Morgan fingerprint density at radius 3 is 3.29 bits per heavy atom. The Morgan fingerprint density at radius 2 is 2.57 bits per heavy atom. The van der Waals surface area contributed by atoms with E-state index in [1.165, 1.54) is 7.11 Å². The smallest absolute Gasteiger partial charge is 0.358 e. The van der Waals surface area contributed by atoms with Gasteiger partial charge in [-0.1, -0.05) is 0 Å². The number of aromatic nitrogens is 2. The molecular weight excluding hydrogens is 182 g/mol. The van der Waals surface area contributed by atoms with Gasteiger partial charge < -0.3 is 10.1 Å². The van der Waals surface area contributed by atoms with E-state index in [1.807, 2.05) is 4.68 Å². The fraction of sp³-hybridized carbons (Fsp3) is 0.556. The summed E-state index contributed by atoms with van der Waals surface area (Å²) in [5.74, 6) is -0.375. The highest BCUT2D eigenvalue weighted by atomic mass is 16.5. The number of nitrogens with zero attached hydrogens (tertiary/aromatic N) is 2. The maximum absolute atomic E-state index is 11.2. The second-order valence-corrected chi connectivity index (χ2v) is 3.48. The van der Waals surface area contributed by atoms with E-state index < -0.39 is 0 Å². The van der Waals surface area contributed by atoms with Gasteiger partial charge in [0.15, 0.2) is 5.69 Å².